The van der Waals surface area contributed by atoms with Gasteiger partial charge in [-0.3, -0.25) is 9.10 Å². The van der Waals surface area contributed by atoms with Gasteiger partial charge in [-0.25, -0.2) is 17.2 Å². The molecule has 0 saturated carbocycles. The summed E-state index contributed by atoms with van der Waals surface area (Å²) in [6.07, 6.45) is -0.282. The van der Waals surface area contributed by atoms with E-state index >= 15 is 0 Å². The largest absolute Gasteiger partial charge is 0.489 e. The van der Waals surface area contributed by atoms with Crippen LogP contribution in [0.2, 0.25) is 5.02 Å². The molecular weight excluding hydrogens is 448 g/mol. The lowest BCUT2D eigenvalue weighted by molar-refractivity contribution is 0.0991. The normalized spacial score (nSPS) is 13.5. The van der Waals surface area contributed by atoms with E-state index < -0.39 is 27.4 Å². The monoisotopic (exact) mass is 463 g/mol. The second-order valence-corrected chi connectivity index (χ2v) is 9.13. The molecule has 4 rings (SSSR count). The smallest absolute Gasteiger partial charge is 0.264 e. The van der Waals surface area contributed by atoms with Gasteiger partial charge < -0.3 is 4.74 Å². The number of carbonyl (C=O) groups is 1. The van der Waals surface area contributed by atoms with Gasteiger partial charge in [0.05, 0.1) is 17.1 Å². The first-order chi connectivity index (χ1) is 14.8. The van der Waals surface area contributed by atoms with E-state index in [1.165, 1.54) is 48.5 Å². The summed E-state index contributed by atoms with van der Waals surface area (Å²) >= 11 is 6.01. The Morgan fingerprint density at radius 1 is 1.06 bits per heavy atom. The van der Waals surface area contributed by atoms with Crippen molar-refractivity contribution in [2.24, 2.45) is 0 Å². The zero-order chi connectivity index (χ0) is 22.2. The fourth-order valence-corrected chi connectivity index (χ4v) is 4.99. The number of carbonyl (C=O) groups excluding carboxylic acids is 1. The fourth-order valence-electron chi connectivity index (χ4n) is 3.31. The highest BCUT2D eigenvalue weighted by Crippen LogP contribution is 2.36. The van der Waals surface area contributed by atoms with Gasteiger partial charge in [0, 0.05) is 22.6 Å². The molecule has 1 aliphatic heterocycles. The lowest BCUT2D eigenvalue weighted by Crippen LogP contribution is -2.38. The van der Waals surface area contributed by atoms with Crippen molar-refractivity contribution in [3.8, 4) is 5.75 Å². The number of hydrogen-bond acceptors (Lipinski definition) is 4. The van der Waals surface area contributed by atoms with Gasteiger partial charge in [-0.1, -0.05) is 17.7 Å². The summed E-state index contributed by atoms with van der Waals surface area (Å²) in [5.41, 5.74) is 0.433. The minimum Gasteiger partial charge on any atom is -0.489 e. The lowest BCUT2D eigenvalue weighted by atomic mass is 10.0. The Bertz CT molecular complexity index is 1240. The van der Waals surface area contributed by atoms with E-state index in [1.54, 1.807) is 0 Å². The molecule has 3 aromatic carbocycles. The molecule has 0 N–H and O–H groups in total. The van der Waals surface area contributed by atoms with Crippen LogP contribution in [-0.4, -0.2) is 27.4 Å². The maximum absolute atomic E-state index is 14.1. The topological polar surface area (TPSA) is 63.7 Å². The highest BCUT2D eigenvalue weighted by atomic mass is 35.5. The molecule has 0 radical (unpaired) electrons. The van der Waals surface area contributed by atoms with Crippen molar-refractivity contribution in [1.82, 2.24) is 0 Å². The number of ketones is 1. The Kier molecular flexibility index (Phi) is 5.68. The summed E-state index contributed by atoms with van der Waals surface area (Å²) in [6.45, 7) is 0.134. The summed E-state index contributed by atoms with van der Waals surface area (Å²) in [6, 6.07) is 13.0. The van der Waals surface area contributed by atoms with Crippen molar-refractivity contribution in [3.05, 3.63) is 88.4 Å². The van der Waals surface area contributed by atoms with Gasteiger partial charge in [0.1, 0.15) is 24.0 Å². The molecule has 0 bridgehead atoms. The molecule has 0 unspecified atom stereocenters. The number of nitrogens with zero attached hydrogens (tertiary/aromatic N) is 1. The number of rotatable bonds is 5. The Morgan fingerprint density at radius 2 is 1.81 bits per heavy atom. The number of sulfonamides is 1. The zero-order valence-electron chi connectivity index (χ0n) is 16.0. The molecule has 1 heterocycles. The predicted octanol–water partition coefficient (Wildman–Crippen LogP) is 4.63. The minimum atomic E-state index is -4.01. The molecule has 0 spiro atoms. The van der Waals surface area contributed by atoms with E-state index in [1.807, 2.05) is 0 Å². The van der Waals surface area contributed by atoms with Crippen LogP contribution in [0.5, 0.6) is 5.75 Å². The van der Waals surface area contributed by atoms with Crippen LogP contribution in [0.1, 0.15) is 15.9 Å². The number of halogens is 3. The average Bonchev–Trinajstić information content (AvgIpc) is 2.75. The molecule has 160 valence electrons. The molecule has 0 amide bonds. The Labute approximate surface area is 182 Å². The summed E-state index contributed by atoms with van der Waals surface area (Å²) in [7, 11) is -4.01. The van der Waals surface area contributed by atoms with Crippen LogP contribution in [0.15, 0.2) is 65.6 Å². The van der Waals surface area contributed by atoms with E-state index in [0.717, 1.165) is 16.4 Å². The van der Waals surface area contributed by atoms with E-state index in [-0.39, 0.29) is 52.1 Å². The summed E-state index contributed by atoms with van der Waals surface area (Å²) in [5.74, 6) is -1.29. The van der Waals surface area contributed by atoms with Crippen molar-refractivity contribution in [2.75, 3.05) is 17.5 Å². The summed E-state index contributed by atoms with van der Waals surface area (Å²) < 4.78 is 60.2. The number of anilines is 1. The first-order valence-electron chi connectivity index (χ1n) is 9.28. The lowest BCUT2D eigenvalue weighted by Gasteiger charge is -2.30. The summed E-state index contributed by atoms with van der Waals surface area (Å²) in [4.78, 5) is 12.7. The van der Waals surface area contributed by atoms with Gasteiger partial charge in [-0.15, -0.1) is 0 Å². The van der Waals surface area contributed by atoms with Crippen LogP contribution in [-0.2, 0) is 16.4 Å². The third-order valence-corrected chi connectivity index (χ3v) is 7.08. The van der Waals surface area contributed by atoms with Crippen LogP contribution in [0.3, 0.4) is 0 Å². The quantitative estimate of drug-likeness (QED) is 0.517. The first kappa shape index (κ1) is 21.3. The first-order valence-corrected chi connectivity index (χ1v) is 11.1. The van der Waals surface area contributed by atoms with Crippen LogP contribution < -0.4 is 9.04 Å². The van der Waals surface area contributed by atoms with Crippen molar-refractivity contribution in [2.45, 2.75) is 11.3 Å². The number of Topliss-reactive ketones (excluding diaryl/α,β-unsaturated/α-hetero) is 1. The molecule has 0 fully saturated rings. The van der Waals surface area contributed by atoms with E-state index in [0.29, 0.717) is 0 Å². The van der Waals surface area contributed by atoms with E-state index in [2.05, 4.69) is 0 Å². The number of hydrogen-bond donors (Lipinski definition) is 0. The second kappa shape index (κ2) is 8.28. The van der Waals surface area contributed by atoms with Crippen molar-refractivity contribution in [1.29, 1.82) is 0 Å². The minimum absolute atomic E-state index is 0.0174. The van der Waals surface area contributed by atoms with Gasteiger partial charge in [0.25, 0.3) is 10.0 Å². The van der Waals surface area contributed by atoms with E-state index in [9.17, 15) is 22.0 Å². The third kappa shape index (κ3) is 4.13. The molecule has 5 nitrogen and oxygen atoms in total. The molecule has 0 aromatic heterocycles. The van der Waals surface area contributed by atoms with Gasteiger partial charge in [-0.05, 0) is 54.6 Å². The molecule has 3 aromatic rings. The molecule has 31 heavy (non-hydrogen) atoms. The average molecular weight is 464 g/mol. The number of ether oxygens (including phenoxy) is 1. The van der Waals surface area contributed by atoms with Crippen LogP contribution in [0.25, 0.3) is 0 Å². The maximum Gasteiger partial charge on any atom is 0.264 e. The standard InChI is InChI=1S/C22H16ClF2NO4S/c23-18-2-1-3-19(25)17(18)13-21(27)14-4-9-22-20(12-14)26(10-11-30-22)31(28,29)16-7-5-15(24)6-8-16/h1-9,12H,10-11,13H2. The SMILES string of the molecule is O=C(Cc1c(F)cccc1Cl)c1ccc2c(c1)N(S(=O)(=O)c1ccc(F)cc1)CCO2. The van der Waals surface area contributed by atoms with Crippen LogP contribution >= 0.6 is 11.6 Å². The van der Waals surface area contributed by atoms with Gasteiger partial charge >= 0.3 is 0 Å². The molecule has 1 aliphatic rings. The number of benzene rings is 3. The van der Waals surface area contributed by atoms with Gasteiger partial charge in [0.15, 0.2) is 5.78 Å². The van der Waals surface area contributed by atoms with Crippen molar-refractivity contribution >= 4 is 33.1 Å². The summed E-state index contributed by atoms with van der Waals surface area (Å²) in [5, 5.41) is 0.134. The highest BCUT2D eigenvalue weighted by Gasteiger charge is 2.31. The van der Waals surface area contributed by atoms with Crippen LogP contribution in [0, 0.1) is 11.6 Å². The fraction of sp³-hybridized carbons (Fsp3) is 0.136. The van der Waals surface area contributed by atoms with Crippen molar-refractivity contribution in [3.63, 3.8) is 0 Å². The molecular formula is C22H16ClF2NO4S. The third-order valence-electron chi connectivity index (χ3n) is 4.90. The highest BCUT2D eigenvalue weighted by molar-refractivity contribution is 7.92. The van der Waals surface area contributed by atoms with E-state index in [4.69, 9.17) is 16.3 Å². The van der Waals surface area contributed by atoms with Crippen molar-refractivity contribution < 1.29 is 26.7 Å². The number of fused-ring (bicyclic) bond motifs is 1. The van der Waals surface area contributed by atoms with Gasteiger partial charge in [-0.2, -0.15) is 0 Å². The molecule has 9 heteroatoms. The Hall–Kier alpha value is -2.97. The second-order valence-electron chi connectivity index (χ2n) is 6.86. The maximum atomic E-state index is 14.1. The Morgan fingerprint density at radius 3 is 2.52 bits per heavy atom. The zero-order valence-corrected chi connectivity index (χ0v) is 17.6. The van der Waals surface area contributed by atoms with Crippen LogP contribution in [0.4, 0.5) is 14.5 Å². The molecule has 0 saturated heterocycles. The molecule has 0 atom stereocenters. The Balaban J connectivity index is 1.69. The van der Waals surface area contributed by atoms with Gasteiger partial charge in [0.2, 0.25) is 0 Å². The molecule has 0 aliphatic carbocycles. The predicted molar refractivity (Wildman–Crippen MR) is 112 cm³/mol.